The predicted octanol–water partition coefficient (Wildman–Crippen LogP) is 2.76. The van der Waals surface area contributed by atoms with E-state index >= 15 is 0 Å². The second kappa shape index (κ2) is 7.82. The van der Waals surface area contributed by atoms with Gasteiger partial charge in [0.15, 0.2) is 5.65 Å². The van der Waals surface area contributed by atoms with Crippen molar-refractivity contribution in [2.24, 2.45) is 0 Å². The van der Waals surface area contributed by atoms with Crippen LogP contribution in [0.25, 0.3) is 16.9 Å². The van der Waals surface area contributed by atoms with Gasteiger partial charge in [-0.1, -0.05) is 0 Å². The molecule has 0 saturated heterocycles. The van der Waals surface area contributed by atoms with E-state index in [2.05, 4.69) is 25.0 Å². The van der Waals surface area contributed by atoms with Gasteiger partial charge in [0.2, 0.25) is 11.9 Å². The van der Waals surface area contributed by atoms with E-state index in [0.717, 1.165) is 15.6 Å². The van der Waals surface area contributed by atoms with Crippen molar-refractivity contribution >= 4 is 17.2 Å². The van der Waals surface area contributed by atoms with Crippen LogP contribution in [-0.4, -0.2) is 48.2 Å². The molecule has 2 atom stereocenters. The summed E-state index contributed by atoms with van der Waals surface area (Å²) in [6.07, 6.45) is -0.324. The number of alkyl halides is 3. The zero-order valence-electron chi connectivity index (χ0n) is 19.9. The van der Waals surface area contributed by atoms with Crippen LogP contribution < -0.4 is 16.1 Å². The molecule has 1 fully saturated rings. The second-order valence-corrected chi connectivity index (χ2v) is 10.0. The number of pyridine rings is 1. The Kier molecular flexibility index (Phi) is 4.94. The van der Waals surface area contributed by atoms with Crippen LogP contribution in [0.5, 0.6) is 0 Å². The van der Waals surface area contributed by atoms with Gasteiger partial charge < -0.3 is 9.88 Å². The third kappa shape index (κ3) is 3.70. The van der Waals surface area contributed by atoms with Gasteiger partial charge in [-0.2, -0.15) is 27.2 Å². The van der Waals surface area contributed by atoms with Crippen molar-refractivity contribution < 1.29 is 22.4 Å². The van der Waals surface area contributed by atoms with Crippen LogP contribution in [0.2, 0.25) is 0 Å². The molecular weight excluding hydrogens is 510 g/mol. The number of H-pyrrole nitrogens is 2. The lowest BCUT2D eigenvalue weighted by molar-refractivity contribution is -0.134. The van der Waals surface area contributed by atoms with Crippen molar-refractivity contribution in [3.8, 4) is 11.3 Å². The summed E-state index contributed by atoms with van der Waals surface area (Å²) in [6.45, 7) is 1.66. The van der Waals surface area contributed by atoms with Crippen molar-refractivity contribution in [1.29, 1.82) is 0 Å². The number of nitrogens with one attached hydrogen (secondary N) is 2. The number of anilines is 1. The van der Waals surface area contributed by atoms with E-state index in [0.29, 0.717) is 17.5 Å². The van der Waals surface area contributed by atoms with Gasteiger partial charge in [0.1, 0.15) is 6.54 Å². The number of nitrogens with zero attached hydrogens (tertiary/aromatic N) is 5. The molecule has 2 N–H and O–H groups in total. The second-order valence-electron chi connectivity index (χ2n) is 10.0. The Labute approximate surface area is 210 Å². The summed E-state index contributed by atoms with van der Waals surface area (Å²) in [5.74, 6) is -1.87. The van der Waals surface area contributed by atoms with Crippen molar-refractivity contribution in [1.82, 2.24) is 29.5 Å². The molecule has 1 amide bonds. The lowest BCUT2D eigenvalue weighted by atomic mass is 9.90. The summed E-state index contributed by atoms with van der Waals surface area (Å²) in [5.41, 5.74) is -0.698. The Balaban J connectivity index is 1.41. The molecule has 0 aromatic carbocycles. The topological polar surface area (TPSA) is 129 Å². The first-order valence-electron chi connectivity index (χ1n) is 11.6. The number of aromatic nitrogens is 6. The summed E-state index contributed by atoms with van der Waals surface area (Å²) < 4.78 is 55.2. The molecule has 1 aliphatic carbocycles. The van der Waals surface area contributed by atoms with Crippen molar-refractivity contribution in [2.75, 3.05) is 11.4 Å². The number of halogens is 4. The highest BCUT2D eigenvalue weighted by Crippen LogP contribution is 2.56. The first kappa shape index (κ1) is 24.0. The lowest BCUT2D eigenvalue weighted by Crippen LogP contribution is -2.41. The Bertz CT molecular complexity index is 1750. The highest BCUT2D eigenvalue weighted by molar-refractivity contribution is 6.07. The Morgan fingerprint density at radius 1 is 1.11 bits per heavy atom. The minimum atomic E-state index is -4.59. The van der Waals surface area contributed by atoms with Gasteiger partial charge >= 0.3 is 11.9 Å². The average molecular weight is 529 g/mol. The summed E-state index contributed by atoms with van der Waals surface area (Å²) in [5, 5.41) is 4.15. The van der Waals surface area contributed by atoms with Gasteiger partial charge in [-0.3, -0.25) is 19.6 Å². The van der Waals surface area contributed by atoms with E-state index in [1.165, 1.54) is 20.0 Å². The molecule has 196 valence electrons. The minimum absolute atomic E-state index is 0.0146. The number of fused-ring (bicyclic) bond motifs is 2. The van der Waals surface area contributed by atoms with E-state index in [4.69, 9.17) is 0 Å². The monoisotopic (exact) mass is 529 g/mol. The molecule has 10 nitrogen and oxygen atoms in total. The maximum absolute atomic E-state index is 14.5. The Hall–Kier alpha value is -4.36. The van der Waals surface area contributed by atoms with Crippen LogP contribution >= 0.6 is 0 Å². The fourth-order valence-electron chi connectivity index (χ4n) is 5.12. The number of carbonyl (C=O) groups excluding carboxylic acids is 1. The van der Waals surface area contributed by atoms with E-state index in [-0.39, 0.29) is 40.1 Å². The molecule has 0 unspecified atom stereocenters. The van der Waals surface area contributed by atoms with Gasteiger partial charge in [-0.25, -0.2) is 9.78 Å². The van der Waals surface area contributed by atoms with Gasteiger partial charge in [0, 0.05) is 18.0 Å². The normalized spacial score (nSPS) is 20.3. The zero-order chi connectivity index (χ0) is 27.1. The van der Waals surface area contributed by atoms with Crippen molar-refractivity contribution in [3.05, 3.63) is 74.3 Å². The number of carbonyl (C=O) groups is 1. The Morgan fingerprint density at radius 2 is 1.87 bits per heavy atom. The molecule has 4 aromatic heterocycles. The maximum atomic E-state index is 14.5. The van der Waals surface area contributed by atoms with E-state index in [1.807, 2.05) is 0 Å². The molecule has 0 spiro atoms. The third-order valence-electron chi connectivity index (χ3n) is 7.06. The molecule has 6 rings (SSSR count). The summed E-state index contributed by atoms with van der Waals surface area (Å²) >= 11 is 0. The summed E-state index contributed by atoms with van der Waals surface area (Å²) in [6, 6.07) is 3.14. The molecule has 2 aliphatic rings. The van der Waals surface area contributed by atoms with E-state index in [1.54, 1.807) is 18.3 Å². The molecule has 1 aliphatic heterocycles. The maximum Gasteiger partial charge on any atom is 0.406 e. The molecule has 14 heteroatoms. The highest BCUT2D eigenvalue weighted by atomic mass is 19.4. The van der Waals surface area contributed by atoms with Crippen LogP contribution in [0.1, 0.15) is 48.9 Å². The Morgan fingerprint density at radius 3 is 2.58 bits per heavy atom. The molecule has 38 heavy (non-hydrogen) atoms. The number of hydrogen-bond acceptors (Lipinski definition) is 6. The third-order valence-corrected chi connectivity index (χ3v) is 7.06. The zero-order valence-corrected chi connectivity index (χ0v) is 19.9. The van der Waals surface area contributed by atoms with E-state index < -0.39 is 41.2 Å². The molecule has 1 saturated carbocycles. The summed E-state index contributed by atoms with van der Waals surface area (Å²) in [4.78, 5) is 50.2. The van der Waals surface area contributed by atoms with Gasteiger partial charge in [-0.15, -0.1) is 0 Å². The predicted molar refractivity (Wildman–Crippen MR) is 125 cm³/mol. The highest BCUT2D eigenvalue weighted by Gasteiger charge is 2.50. The average Bonchev–Trinajstić information content (AvgIpc) is 3.52. The summed E-state index contributed by atoms with van der Waals surface area (Å²) in [7, 11) is 0. The smallest absolute Gasteiger partial charge is 0.313 e. The van der Waals surface area contributed by atoms with Crippen LogP contribution in [0.15, 0.2) is 40.3 Å². The van der Waals surface area contributed by atoms with Gasteiger partial charge in [-0.05, 0) is 49.8 Å². The van der Waals surface area contributed by atoms with Crippen molar-refractivity contribution in [3.63, 3.8) is 0 Å². The number of imidazole rings is 1. The van der Waals surface area contributed by atoms with Crippen molar-refractivity contribution in [2.45, 2.75) is 43.7 Å². The van der Waals surface area contributed by atoms with E-state index in [9.17, 15) is 31.9 Å². The molecule has 4 aromatic rings. The largest absolute Gasteiger partial charge is 0.406 e. The fourth-order valence-corrected chi connectivity index (χ4v) is 5.12. The first-order chi connectivity index (χ1) is 17.8. The number of hydrogen-bond donors (Lipinski definition) is 2. The molecule has 0 radical (unpaired) electrons. The van der Waals surface area contributed by atoms with Crippen LogP contribution in [0.3, 0.4) is 0 Å². The van der Waals surface area contributed by atoms with Crippen LogP contribution in [-0.2, 0) is 10.2 Å². The number of aromatic amines is 2. The number of rotatable bonds is 4. The molecule has 0 bridgehead atoms. The fraction of sp³-hybridized carbons (Fsp3) is 0.333. The minimum Gasteiger partial charge on any atom is -0.313 e. The van der Waals surface area contributed by atoms with Gasteiger partial charge in [0.25, 0.3) is 5.56 Å². The quantitative estimate of drug-likeness (QED) is 0.391. The molecular formula is C24H19F4N7O3. The standard InChI is InChI=1S/C24H19F4N7O3/c1-23(2)18-16(34(21(23)37)9-24(26,27)28)3-10(6-29-18)11-4-12(11)13-5-15(14-7-31-22(38)32-20(14)36)33-35-17(25)8-30-19(13)35/h3,5-8,11-12H,4,9H2,1-2H3,(H2,31,32,36,38)/t11-,12+/m1/s1. The van der Waals surface area contributed by atoms with Crippen LogP contribution in [0.4, 0.5) is 23.2 Å². The van der Waals surface area contributed by atoms with Crippen LogP contribution in [0, 0.1) is 5.95 Å². The number of amides is 1. The van der Waals surface area contributed by atoms with Gasteiger partial charge in [0.05, 0.1) is 34.3 Å². The molecule has 5 heterocycles. The SMILES string of the molecule is CC1(C)C(=O)N(CC(F)(F)F)c2cc([C@H]3C[C@@H]3c3cc(-c4c[nH]c(=O)[nH]c4=O)nn4c(F)cnc34)cnc21. The lowest BCUT2D eigenvalue weighted by Gasteiger charge is -2.21. The first-order valence-corrected chi connectivity index (χ1v) is 11.6.